The first-order valence-corrected chi connectivity index (χ1v) is 23.4. The number of aliphatic hydroxyl groups is 1. The van der Waals surface area contributed by atoms with Gasteiger partial charge in [-0.3, -0.25) is 14.8 Å². The summed E-state index contributed by atoms with van der Waals surface area (Å²) in [4.78, 5) is 56.3. The SMILES string of the molecule is C.COC(=O)c1ccc(-c2ccccc2)cc1.COC(=O)c1ccc(Br)cc1.C[C@@H](O)C(NC(=O)c1ccc(-c2ccccc2)cc1)C(=O)NO.O=C(O)c1ccc(-c2ccccc2)cc1.OB(O)c1ccccc1.[Na+].[OH-]. The number of hydrogen-bond acceptors (Lipinski definition) is 12. The summed E-state index contributed by atoms with van der Waals surface area (Å²) < 4.78 is 10.1. The van der Waals surface area contributed by atoms with E-state index >= 15 is 0 Å². The van der Waals surface area contributed by atoms with E-state index in [1.807, 2.05) is 121 Å². The van der Waals surface area contributed by atoms with Gasteiger partial charge in [0, 0.05) is 10.0 Å². The Kier molecular flexibility index (Phi) is 31.9. The number of nitrogens with one attached hydrogen (secondary N) is 2. The molecule has 77 heavy (non-hydrogen) atoms. The van der Waals surface area contributed by atoms with Gasteiger partial charge in [-0.05, 0) is 106 Å². The van der Waals surface area contributed by atoms with E-state index in [0.29, 0.717) is 27.7 Å². The van der Waals surface area contributed by atoms with Gasteiger partial charge in [0.15, 0.2) is 0 Å². The molecule has 0 spiro atoms. The van der Waals surface area contributed by atoms with Crippen LogP contribution in [0.2, 0.25) is 0 Å². The number of halogens is 1. The number of hydroxylamine groups is 1. The zero-order valence-corrected chi connectivity index (χ0v) is 45.5. The van der Waals surface area contributed by atoms with E-state index in [-0.39, 0.29) is 54.4 Å². The molecule has 0 bridgehead atoms. The maximum atomic E-state index is 12.1. The number of carboxylic acid groups (broad SMARTS) is 1. The van der Waals surface area contributed by atoms with Crippen LogP contribution in [0.25, 0.3) is 33.4 Å². The molecule has 8 N–H and O–H groups in total. The van der Waals surface area contributed by atoms with Crippen LogP contribution in [0.5, 0.6) is 0 Å². The molecular formula is C59H59BBrN2NaO13. The predicted octanol–water partition coefficient (Wildman–Crippen LogP) is 6.60. The van der Waals surface area contributed by atoms with Crippen molar-refractivity contribution in [3.05, 3.63) is 245 Å². The van der Waals surface area contributed by atoms with E-state index in [4.69, 9.17) is 20.4 Å². The average molecular weight is 1120 g/mol. The van der Waals surface area contributed by atoms with E-state index < -0.39 is 37.0 Å². The van der Waals surface area contributed by atoms with E-state index in [1.54, 1.807) is 97.1 Å². The van der Waals surface area contributed by atoms with Crippen molar-refractivity contribution in [1.82, 2.24) is 10.8 Å². The standard InChI is InChI=1S/C17H18N2O4.C14H12O2.C13H10O2.C8H7BrO2.C6H7BO2.CH4.Na.H2O/c1-11(20)15(17(22)19-23)18-16(21)14-9-7-13(8-10-14)12-5-3-2-4-6-12;1-16-14(15)13-9-7-12(8-10-13)11-5-3-2-4-6-11;14-13(15)12-8-6-11(7-9-12)10-4-2-1-3-5-10;1-11-8(10)6-2-4-7(9)5-3-6;8-7(9)6-4-2-1-3-5-6;;;/h2-11,15,20,23H,1H3,(H,18,21)(H,19,22);2-10H,1H3;1-9H,(H,14,15);2-5H,1H3;1-5,8-9H;1H4;;1H2/q;;;;;;+1;/p-1/t11-,15?;;;;;;;/m1......./s1. The molecule has 0 heterocycles. The molecule has 2 atom stereocenters. The molecule has 0 saturated heterocycles. The number of hydrogen-bond donors (Lipinski definition) is 7. The molecule has 0 fully saturated rings. The van der Waals surface area contributed by atoms with Gasteiger partial charge in [0.1, 0.15) is 6.04 Å². The number of rotatable bonds is 11. The average Bonchev–Trinajstić information content (AvgIpc) is 3.45. The summed E-state index contributed by atoms with van der Waals surface area (Å²) >= 11 is 3.26. The van der Waals surface area contributed by atoms with Gasteiger partial charge in [-0.25, -0.2) is 19.9 Å². The van der Waals surface area contributed by atoms with Crippen molar-refractivity contribution in [3.8, 4) is 33.4 Å². The third-order valence-electron chi connectivity index (χ3n) is 10.4. The largest absolute Gasteiger partial charge is 1.00 e. The smallest absolute Gasteiger partial charge is 0.870 e. The molecule has 8 rings (SSSR count). The van der Waals surface area contributed by atoms with E-state index in [0.717, 1.165) is 37.9 Å². The Labute approximate surface area is 479 Å². The third kappa shape index (κ3) is 23.1. The van der Waals surface area contributed by atoms with Crippen LogP contribution in [0.1, 0.15) is 55.8 Å². The van der Waals surface area contributed by atoms with Crippen LogP contribution in [-0.2, 0) is 14.3 Å². The number of carbonyl (C=O) groups is 5. The topological polar surface area (TPSA) is 259 Å². The molecule has 0 aliphatic rings. The van der Waals surface area contributed by atoms with Gasteiger partial charge in [-0.15, -0.1) is 0 Å². The summed E-state index contributed by atoms with van der Waals surface area (Å²) in [5.74, 6) is -2.90. The van der Waals surface area contributed by atoms with E-state index in [9.17, 15) is 29.1 Å². The van der Waals surface area contributed by atoms with Crippen LogP contribution in [0.4, 0.5) is 0 Å². The third-order valence-corrected chi connectivity index (χ3v) is 11.0. The Bertz CT molecular complexity index is 2960. The zero-order chi connectivity index (χ0) is 53.8. The molecule has 2 amide bonds. The Hall–Kier alpha value is -7.55. The number of benzene rings is 8. The number of aromatic carboxylic acids is 1. The zero-order valence-electron chi connectivity index (χ0n) is 41.9. The van der Waals surface area contributed by atoms with Gasteiger partial charge < -0.3 is 40.5 Å². The second kappa shape index (κ2) is 36.4. The van der Waals surface area contributed by atoms with Crippen LogP contribution in [0, 0.1) is 0 Å². The Morgan fingerprint density at radius 1 is 0.494 bits per heavy atom. The first kappa shape index (κ1) is 67.5. The Morgan fingerprint density at radius 2 is 0.792 bits per heavy atom. The van der Waals surface area contributed by atoms with Gasteiger partial charge in [-0.2, -0.15) is 0 Å². The minimum Gasteiger partial charge on any atom is -0.870 e. The normalized spacial score (nSPS) is 10.2. The molecule has 15 nitrogen and oxygen atoms in total. The van der Waals surface area contributed by atoms with Crippen LogP contribution in [0.3, 0.4) is 0 Å². The Balaban J connectivity index is 0.000000493. The first-order valence-electron chi connectivity index (χ1n) is 22.6. The molecule has 0 aliphatic heterocycles. The van der Waals surface area contributed by atoms with Crippen molar-refractivity contribution in [2.24, 2.45) is 0 Å². The first-order chi connectivity index (χ1) is 35.6. The molecule has 8 aromatic carbocycles. The molecular weight excluding hydrogens is 1060 g/mol. The number of amides is 2. The molecule has 0 aromatic heterocycles. The van der Waals surface area contributed by atoms with Gasteiger partial charge in [-0.1, -0.05) is 181 Å². The fourth-order valence-electron chi connectivity index (χ4n) is 6.46. The van der Waals surface area contributed by atoms with E-state index in [2.05, 4.69) is 30.7 Å². The second-order valence-electron chi connectivity index (χ2n) is 15.6. The summed E-state index contributed by atoms with van der Waals surface area (Å²) in [5, 5.41) is 46.4. The summed E-state index contributed by atoms with van der Waals surface area (Å²) in [6.07, 6.45) is -1.14. The van der Waals surface area contributed by atoms with E-state index in [1.165, 1.54) is 26.6 Å². The quantitative estimate of drug-likeness (QED) is 0.0312. The molecule has 0 saturated carbocycles. The number of aliphatic hydroxyl groups excluding tert-OH is 1. The van der Waals surface area contributed by atoms with Gasteiger partial charge in [0.2, 0.25) is 0 Å². The van der Waals surface area contributed by atoms with Crippen LogP contribution in [0.15, 0.2) is 223 Å². The minimum atomic E-state index is -1.34. The van der Waals surface area contributed by atoms with Crippen molar-refractivity contribution in [2.45, 2.75) is 26.5 Å². The van der Waals surface area contributed by atoms with Crippen molar-refractivity contribution in [1.29, 1.82) is 0 Å². The molecule has 1 unspecified atom stereocenters. The number of carboxylic acids is 1. The molecule has 394 valence electrons. The summed E-state index contributed by atoms with van der Waals surface area (Å²) in [5.41, 5.74) is 10.1. The summed E-state index contributed by atoms with van der Waals surface area (Å²) in [6.45, 7) is 1.35. The molecule has 0 aliphatic carbocycles. The van der Waals surface area contributed by atoms with Crippen molar-refractivity contribution < 1.29 is 93.9 Å². The van der Waals surface area contributed by atoms with Crippen LogP contribution < -0.4 is 45.8 Å². The summed E-state index contributed by atoms with van der Waals surface area (Å²) in [7, 11) is 1.41. The van der Waals surface area contributed by atoms with Gasteiger partial charge in [0.25, 0.3) is 11.8 Å². The number of carbonyl (C=O) groups excluding carboxylic acids is 4. The molecule has 8 aromatic rings. The van der Waals surface area contributed by atoms with Gasteiger partial charge >= 0.3 is 54.6 Å². The van der Waals surface area contributed by atoms with Gasteiger partial charge in [0.05, 0.1) is 37.0 Å². The fourth-order valence-corrected chi connectivity index (χ4v) is 6.72. The van der Waals surface area contributed by atoms with Crippen LogP contribution >= 0.6 is 15.9 Å². The van der Waals surface area contributed by atoms with Crippen LogP contribution in [-0.4, -0.2) is 94.2 Å². The minimum absolute atomic E-state index is 0. The number of esters is 2. The maximum absolute atomic E-state index is 12.1. The van der Waals surface area contributed by atoms with Crippen molar-refractivity contribution in [3.63, 3.8) is 0 Å². The Morgan fingerprint density at radius 3 is 1.08 bits per heavy atom. The predicted molar refractivity (Wildman–Crippen MR) is 297 cm³/mol. The maximum Gasteiger partial charge on any atom is 1.00 e. The van der Waals surface area contributed by atoms with Crippen molar-refractivity contribution in [2.75, 3.05) is 14.2 Å². The fraction of sp³-hybridized carbons (Fsp3) is 0.102. The number of ether oxygens (including phenoxy) is 2. The summed E-state index contributed by atoms with van der Waals surface area (Å²) in [6, 6.07) is 65.1. The number of methoxy groups -OCH3 is 2. The second-order valence-corrected chi connectivity index (χ2v) is 16.5. The monoisotopic (exact) mass is 1120 g/mol. The van der Waals surface area contributed by atoms with Crippen molar-refractivity contribution >= 4 is 58.2 Å². The molecule has 0 radical (unpaired) electrons. The molecule has 18 heteroatoms.